The number of amides is 1. The molecule has 0 bridgehead atoms. The lowest BCUT2D eigenvalue weighted by molar-refractivity contribution is -0.132. The van der Waals surface area contributed by atoms with Crippen molar-refractivity contribution in [2.45, 2.75) is 32.9 Å². The number of aliphatic hydroxyl groups excluding tert-OH is 1. The molecular weight excluding hydrogens is 538 g/mol. The third-order valence-electron chi connectivity index (χ3n) is 5.84. The van der Waals surface area contributed by atoms with Gasteiger partial charge in [0.2, 0.25) is 0 Å². The van der Waals surface area contributed by atoms with Gasteiger partial charge in [-0.2, -0.15) is 0 Å². The number of hydrogen-bond donors (Lipinski definition) is 1. The molecule has 1 atom stereocenters. The Morgan fingerprint density at radius 2 is 1.76 bits per heavy atom. The number of nitrogens with zero attached hydrogens (tertiary/aromatic N) is 1. The Bertz CT molecular complexity index is 1350. The summed E-state index contributed by atoms with van der Waals surface area (Å²) in [6, 6.07) is 18.2. The molecule has 0 saturated carbocycles. The molecule has 0 spiro atoms. The van der Waals surface area contributed by atoms with E-state index in [9.17, 15) is 14.7 Å². The summed E-state index contributed by atoms with van der Waals surface area (Å²) < 4.78 is 17.3. The van der Waals surface area contributed by atoms with Crippen LogP contribution in [-0.2, 0) is 9.59 Å². The molecule has 1 heterocycles. The van der Waals surface area contributed by atoms with E-state index in [4.69, 9.17) is 14.2 Å². The van der Waals surface area contributed by atoms with Gasteiger partial charge < -0.3 is 19.3 Å². The van der Waals surface area contributed by atoms with Crippen molar-refractivity contribution in [2.24, 2.45) is 0 Å². The number of carbonyl (C=O) groups excluding carboxylic acids is 2. The molecule has 1 unspecified atom stereocenters. The van der Waals surface area contributed by atoms with Gasteiger partial charge in [0.1, 0.15) is 23.0 Å². The van der Waals surface area contributed by atoms with Crippen LogP contribution in [-0.4, -0.2) is 36.6 Å². The van der Waals surface area contributed by atoms with Gasteiger partial charge in [-0.05, 0) is 84.7 Å². The second kappa shape index (κ2) is 11.1. The lowest BCUT2D eigenvalue weighted by atomic mass is 9.95. The molecule has 1 aliphatic heterocycles. The summed E-state index contributed by atoms with van der Waals surface area (Å²) in [7, 11) is 1.54. The van der Waals surface area contributed by atoms with Gasteiger partial charge >= 0.3 is 0 Å². The van der Waals surface area contributed by atoms with E-state index in [0.29, 0.717) is 45.1 Å². The number of Topliss-reactive ketones (excluding diaryl/α,β-unsaturated/α-hetero) is 1. The minimum atomic E-state index is -0.870. The number of carbonyl (C=O) groups is 2. The first-order valence-electron chi connectivity index (χ1n) is 11.9. The van der Waals surface area contributed by atoms with Crippen molar-refractivity contribution in [1.82, 2.24) is 0 Å². The van der Waals surface area contributed by atoms with Gasteiger partial charge in [-0.15, -0.1) is 0 Å². The van der Waals surface area contributed by atoms with E-state index in [2.05, 4.69) is 15.9 Å². The summed E-state index contributed by atoms with van der Waals surface area (Å²) in [4.78, 5) is 28.2. The van der Waals surface area contributed by atoms with Crippen molar-refractivity contribution in [3.8, 4) is 17.2 Å². The van der Waals surface area contributed by atoms with Crippen LogP contribution in [0.1, 0.15) is 37.9 Å². The molecule has 1 saturated heterocycles. The lowest BCUT2D eigenvalue weighted by Crippen LogP contribution is -2.29. The molecular formula is C29H28BrNO6. The van der Waals surface area contributed by atoms with Crippen LogP contribution in [0.3, 0.4) is 0 Å². The highest BCUT2D eigenvalue weighted by Gasteiger charge is 2.47. The normalized spacial score (nSPS) is 16.8. The summed E-state index contributed by atoms with van der Waals surface area (Å²) in [6.45, 7) is 6.18. The average Bonchev–Trinajstić information content (AvgIpc) is 3.14. The van der Waals surface area contributed by atoms with Gasteiger partial charge in [-0.25, -0.2) is 0 Å². The quantitative estimate of drug-likeness (QED) is 0.197. The first-order valence-corrected chi connectivity index (χ1v) is 12.7. The maximum Gasteiger partial charge on any atom is 0.300 e. The first-order chi connectivity index (χ1) is 17.7. The fourth-order valence-corrected chi connectivity index (χ4v) is 4.81. The van der Waals surface area contributed by atoms with Gasteiger partial charge in [0, 0.05) is 17.3 Å². The third-order valence-corrected chi connectivity index (χ3v) is 6.46. The zero-order valence-corrected chi connectivity index (χ0v) is 22.6. The van der Waals surface area contributed by atoms with Crippen LogP contribution >= 0.6 is 15.9 Å². The minimum absolute atomic E-state index is 0.00805. The molecule has 8 heteroatoms. The average molecular weight is 566 g/mol. The molecule has 1 amide bonds. The Kier molecular flexibility index (Phi) is 7.88. The molecule has 1 N–H and O–H groups in total. The second-order valence-corrected chi connectivity index (χ2v) is 9.54. The maximum absolute atomic E-state index is 13.4. The minimum Gasteiger partial charge on any atom is -0.507 e. The lowest BCUT2D eigenvalue weighted by Gasteiger charge is -2.26. The molecule has 1 fully saturated rings. The molecule has 7 nitrogen and oxygen atoms in total. The molecule has 3 aromatic rings. The zero-order valence-electron chi connectivity index (χ0n) is 21.0. The fourth-order valence-electron chi connectivity index (χ4n) is 4.27. The number of halogens is 1. The van der Waals surface area contributed by atoms with Gasteiger partial charge in [-0.1, -0.05) is 18.2 Å². The molecule has 3 aromatic carbocycles. The van der Waals surface area contributed by atoms with Crippen molar-refractivity contribution in [1.29, 1.82) is 0 Å². The van der Waals surface area contributed by atoms with Gasteiger partial charge in [0.25, 0.3) is 11.7 Å². The Balaban J connectivity index is 1.89. The predicted octanol–water partition coefficient (Wildman–Crippen LogP) is 6.27. The number of benzene rings is 3. The van der Waals surface area contributed by atoms with Crippen LogP contribution in [0.2, 0.25) is 0 Å². The zero-order chi connectivity index (χ0) is 26.7. The highest BCUT2D eigenvalue weighted by Crippen LogP contribution is 2.43. The van der Waals surface area contributed by atoms with Gasteiger partial charge in [0.15, 0.2) is 0 Å². The molecule has 1 aliphatic rings. The Labute approximate surface area is 224 Å². The Morgan fingerprint density at radius 3 is 2.38 bits per heavy atom. The highest BCUT2D eigenvalue weighted by molar-refractivity contribution is 9.10. The predicted molar refractivity (Wildman–Crippen MR) is 145 cm³/mol. The summed E-state index contributed by atoms with van der Waals surface area (Å²) in [5.74, 6) is 0.00212. The third kappa shape index (κ3) is 5.34. The summed E-state index contributed by atoms with van der Waals surface area (Å²) >= 11 is 3.42. The molecule has 0 radical (unpaired) electrons. The summed E-state index contributed by atoms with van der Waals surface area (Å²) in [5.41, 5.74) is 1.49. The van der Waals surface area contributed by atoms with E-state index < -0.39 is 17.7 Å². The number of hydrogen-bond acceptors (Lipinski definition) is 6. The van der Waals surface area contributed by atoms with E-state index in [1.165, 1.54) is 12.0 Å². The number of methoxy groups -OCH3 is 1. The summed E-state index contributed by atoms with van der Waals surface area (Å²) in [6.07, 6.45) is -0.00805. The van der Waals surface area contributed by atoms with Gasteiger partial charge in [0.05, 0.1) is 35.9 Å². The highest BCUT2D eigenvalue weighted by atomic mass is 79.9. The van der Waals surface area contributed by atoms with E-state index in [0.717, 1.165) is 0 Å². The van der Waals surface area contributed by atoms with Crippen molar-refractivity contribution in [3.05, 3.63) is 87.9 Å². The molecule has 0 aromatic heterocycles. The Hall–Kier alpha value is -3.78. The number of ketones is 1. The molecule has 192 valence electrons. The smallest absolute Gasteiger partial charge is 0.300 e. The van der Waals surface area contributed by atoms with Crippen LogP contribution < -0.4 is 19.1 Å². The SMILES string of the molecule is CCOc1cccc(N2C(=O)C(=O)/C(=C(/O)c3ccc(OC)c(Br)c3)C2c2ccc(OC(C)C)cc2)c1. The second-order valence-electron chi connectivity index (χ2n) is 8.68. The molecule has 4 rings (SSSR count). The fraction of sp³-hybridized carbons (Fsp3) is 0.241. The molecule has 0 aliphatic carbocycles. The summed E-state index contributed by atoms with van der Waals surface area (Å²) in [5, 5.41) is 11.4. The van der Waals surface area contributed by atoms with Crippen LogP contribution in [0.25, 0.3) is 5.76 Å². The number of anilines is 1. The van der Waals surface area contributed by atoms with Crippen molar-refractivity contribution in [3.63, 3.8) is 0 Å². The van der Waals surface area contributed by atoms with Crippen LogP contribution in [0.15, 0.2) is 76.8 Å². The number of ether oxygens (including phenoxy) is 3. The van der Waals surface area contributed by atoms with Crippen molar-refractivity contribution in [2.75, 3.05) is 18.6 Å². The van der Waals surface area contributed by atoms with E-state index >= 15 is 0 Å². The van der Waals surface area contributed by atoms with Crippen molar-refractivity contribution >= 4 is 39.1 Å². The number of rotatable bonds is 8. The topological polar surface area (TPSA) is 85.3 Å². The monoisotopic (exact) mass is 565 g/mol. The van der Waals surface area contributed by atoms with E-state index in [-0.39, 0.29) is 17.4 Å². The van der Waals surface area contributed by atoms with Crippen LogP contribution in [0, 0.1) is 0 Å². The van der Waals surface area contributed by atoms with Crippen LogP contribution in [0.4, 0.5) is 5.69 Å². The molecule has 37 heavy (non-hydrogen) atoms. The Morgan fingerprint density at radius 1 is 1.03 bits per heavy atom. The van der Waals surface area contributed by atoms with Crippen molar-refractivity contribution < 1.29 is 28.9 Å². The standard InChI is InChI=1S/C29H28BrNO6/c1-5-36-22-8-6-7-20(16-22)31-26(18-9-12-21(13-10-18)37-17(2)3)25(28(33)29(31)34)27(32)19-11-14-24(35-4)23(30)15-19/h6-17,26,32H,5H2,1-4H3/b27-25+. The van der Waals surface area contributed by atoms with E-state index in [1.807, 2.05) is 20.8 Å². The first kappa shape index (κ1) is 26.3. The largest absolute Gasteiger partial charge is 0.507 e. The van der Waals surface area contributed by atoms with Gasteiger partial charge in [-0.3, -0.25) is 14.5 Å². The van der Waals surface area contributed by atoms with Crippen LogP contribution in [0.5, 0.6) is 17.2 Å². The van der Waals surface area contributed by atoms with E-state index in [1.54, 1.807) is 66.7 Å². The maximum atomic E-state index is 13.4. The number of aliphatic hydroxyl groups is 1.